The van der Waals surface area contributed by atoms with E-state index < -0.39 is 5.54 Å². The molecule has 1 rings (SSSR count). The lowest BCUT2D eigenvalue weighted by Crippen LogP contribution is -2.49. The Morgan fingerprint density at radius 2 is 1.94 bits per heavy atom. The molecular formula is C14H22N2O2. The minimum atomic E-state index is -0.637. The Hall–Kier alpha value is -1.55. The molecule has 0 heterocycles. The number of amides is 1. The minimum absolute atomic E-state index is 0.115. The SMILES string of the molecule is CCNC(C)(C)C(=O)Nc1ccc(C)c(O)c1C. The van der Waals surface area contributed by atoms with E-state index in [1.807, 2.05) is 33.8 Å². The van der Waals surface area contributed by atoms with Crippen molar-refractivity contribution in [2.45, 2.75) is 40.2 Å². The van der Waals surface area contributed by atoms with Gasteiger partial charge in [-0.15, -0.1) is 0 Å². The van der Waals surface area contributed by atoms with Crippen LogP contribution in [0.3, 0.4) is 0 Å². The first-order valence-electron chi connectivity index (χ1n) is 6.15. The van der Waals surface area contributed by atoms with Gasteiger partial charge in [0.25, 0.3) is 0 Å². The van der Waals surface area contributed by atoms with Crippen molar-refractivity contribution < 1.29 is 9.90 Å². The van der Waals surface area contributed by atoms with E-state index in [2.05, 4.69) is 10.6 Å². The van der Waals surface area contributed by atoms with Crippen LogP contribution >= 0.6 is 0 Å². The van der Waals surface area contributed by atoms with Crippen LogP contribution in [0.15, 0.2) is 12.1 Å². The quantitative estimate of drug-likeness (QED) is 0.768. The van der Waals surface area contributed by atoms with Crippen molar-refractivity contribution in [3.63, 3.8) is 0 Å². The predicted molar refractivity (Wildman–Crippen MR) is 74.0 cm³/mol. The Morgan fingerprint density at radius 3 is 2.50 bits per heavy atom. The first-order valence-corrected chi connectivity index (χ1v) is 6.15. The highest BCUT2D eigenvalue weighted by Gasteiger charge is 2.26. The maximum absolute atomic E-state index is 12.1. The Labute approximate surface area is 108 Å². The van der Waals surface area contributed by atoms with Crippen molar-refractivity contribution in [2.24, 2.45) is 0 Å². The number of nitrogens with one attached hydrogen (secondary N) is 2. The van der Waals surface area contributed by atoms with Gasteiger partial charge in [-0.05, 0) is 45.9 Å². The molecule has 100 valence electrons. The molecule has 0 bridgehead atoms. The van der Waals surface area contributed by atoms with E-state index in [0.29, 0.717) is 11.3 Å². The Morgan fingerprint density at radius 1 is 1.33 bits per heavy atom. The number of benzene rings is 1. The normalized spacial score (nSPS) is 11.4. The molecule has 1 amide bonds. The number of anilines is 1. The van der Waals surface area contributed by atoms with Crippen LogP contribution in [-0.4, -0.2) is 23.1 Å². The average Bonchev–Trinajstić information content (AvgIpc) is 2.29. The molecule has 0 radical (unpaired) electrons. The minimum Gasteiger partial charge on any atom is -0.507 e. The summed E-state index contributed by atoms with van der Waals surface area (Å²) in [4.78, 5) is 12.1. The van der Waals surface area contributed by atoms with Crippen molar-refractivity contribution in [3.05, 3.63) is 23.3 Å². The third kappa shape index (κ3) is 3.01. The van der Waals surface area contributed by atoms with Crippen LogP contribution in [0.4, 0.5) is 5.69 Å². The van der Waals surface area contributed by atoms with Gasteiger partial charge in [0.15, 0.2) is 0 Å². The third-order valence-corrected chi connectivity index (χ3v) is 3.07. The molecule has 4 heteroatoms. The van der Waals surface area contributed by atoms with Crippen molar-refractivity contribution in [2.75, 3.05) is 11.9 Å². The van der Waals surface area contributed by atoms with Gasteiger partial charge in [0.05, 0.1) is 5.54 Å². The van der Waals surface area contributed by atoms with Gasteiger partial charge in [-0.2, -0.15) is 0 Å². The lowest BCUT2D eigenvalue weighted by molar-refractivity contribution is -0.121. The second-order valence-corrected chi connectivity index (χ2v) is 5.01. The first kappa shape index (κ1) is 14.5. The van der Waals surface area contributed by atoms with Gasteiger partial charge < -0.3 is 15.7 Å². The van der Waals surface area contributed by atoms with Crippen LogP contribution in [-0.2, 0) is 4.79 Å². The highest BCUT2D eigenvalue weighted by Crippen LogP contribution is 2.28. The van der Waals surface area contributed by atoms with E-state index in [0.717, 1.165) is 12.1 Å². The second-order valence-electron chi connectivity index (χ2n) is 5.01. The maximum Gasteiger partial charge on any atom is 0.244 e. The third-order valence-electron chi connectivity index (χ3n) is 3.07. The molecule has 0 unspecified atom stereocenters. The second kappa shape index (κ2) is 5.40. The first-order chi connectivity index (χ1) is 8.29. The monoisotopic (exact) mass is 250 g/mol. The lowest BCUT2D eigenvalue weighted by atomic mass is 10.0. The van der Waals surface area contributed by atoms with Gasteiger partial charge in [-0.1, -0.05) is 13.0 Å². The number of phenolic OH excluding ortho intramolecular Hbond substituents is 1. The van der Waals surface area contributed by atoms with E-state index in [1.165, 1.54) is 0 Å². The van der Waals surface area contributed by atoms with E-state index in [1.54, 1.807) is 13.0 Å². The van der Waals surface area contributed by atoms with Gasteiger partial charge in [-0.3, -0.25) is 4.79 Å². The van der Waals surface area contributed by atoms with E-state index in [9.17, 15) is 9.90 Å². The molecule has 1 aromatic rings. The van der Waals surface area contributed by atoms with Crippen LogP contribution in [0.5, 0.6) is 5.75 Å². The molecule has 0 fully saturated rings. The molecule has 0 aliphatic heterocycles. The van der Waals surface area contributed by atoms with Crippen LogP contribution in [0.1, 0.15) is 31.9 Å². The summed E-state index contributed by atoms with van der Waals surface area (Å²) in [6, 6.07) is 3.60. The van der Waals surface area contributed by atoms with E-state index in [-0.39, 0.29) is 11.7 Å². The van der Waals surface area contributed by atoms with Crippen LogP contribution in [0.25, 0.3) is 0 Å². The predicted octanol–water partition coefficient (Wildman–Crippen LogP) is 2.34. The fraction of sp³-hybridized carbons (Fsp3) is 0.500. The molecule has 4 nitrogen and oxygen atoms in total. The van der Waals surface area contributed by atoms with Gasteiger partial charge in [0.2, 0.25) is 5.91 Å². The zero-order chi connectivity index (χ0) is 13.9. The summed E-state index contributed by atoms with van der Waals surface area (Å²) in [6.07, 6.45) is 0. The van der Waals surface area contributed by atoms with Gasteiger partial charge >= 0.3 is 0 Å². The number of aryl methyl sites for hydroxylation is 1. The number of rotatable bonds is 4. The van der Waals surface area contributed by atoms with Gasteiger partial charge in [0, 0.05) is 11.3 Å². The maximum atomic E-state index is 12.1. The van der Waals surface area contributed by atoms with Crippen molar-refractivity contribution in [1.29, 1.82) is 0 Å². The molecule has 0 aliphatic rings. The number of hydrogen-bond acceptors (Lipinski definition) is 3. The summed E-state index contributed by atoms with van der Waals surface area (Å²) < 4.78 is 0. The molecule has 0 aromatic heterocycles. The summed E-state index contributed by atoms with van der Waals surface area (Å²) in [6.45, 7) is 9.95. The van der Waals surface area contributed by atoms with Crippen LogP contribution in [0.2, 0.25) is 0 Å². The van der Waals surface area contributed by atoms with Crippen LogP contribution < -0.4 is 10.6 Å². The highest BCUT2D eigenvalue weighted by molar-refractivity contribution is 5.98. The number of phenols is 1. The largest absolute Gasteiger partial charge is 0.507 e. The number of aromatic hydroxyl groups is 1. The zero-order valence-corrected chi connectivity index (χ0v) is 11.7. The molecule has 0 aliphatic carbocycles. The summed E-state index contributed by atoms with van der Waals surface area (Å²) in [5.41, 5.74) is 1.50. The van der Waals surface area contributed by atoms with Gasteiger partial charge in [0.1, 0.15) is 5.75 Å². The van der Waals surface area contributed by atoms with E-state index >= 15 is 0 Å². The Kier molecular flexibility index (Phi) is 4.35. The summed E-state index contributed by atoms with van der Waals surface area (Å²) >= 11 is 0. The topological polar surface area (TPSA) is 61.4 Å². The molecule has 0 saturated heterocycles. The van der Waals surface area contributed by atoms with Crippen molar-refractivity contribution >= 4 is 11.6 Å². The average molecular weight is 250 g/mol. The molecular weight excluding hydrogens is 228 g/mol. The molecule has 0 atom stereocenters. The summed E-state index contributed by atoms with van der Waals surface area (Å²) in [7, 11) is 0. The number of carbonyl (C=O) groups is 1. The number of likely N-dealkylation sites (N-methyl/N-ethyl adjacent to an activating group) is 1. The highest BCUT2D eigenvalue weighted by atomic mass is 16.3. The van der Waals surface area contributed by atoms with Gasteiger partial charge in [-0.25, -0.2) is 0 Å². The Balaban J connectivity index is 2.92. The standard InChI is InChI=1S/C14H22N2O2/c1-6-15-14(4,5)13(18)16-11-8-7-9(2)12(17)10(11)3/h7-8,15,17H,6H2,1-5H3,(H,16,18). The smallest absolute Gasteiger partial charge is 0.244 e. The number of hydrogen-bond donors (Lipinski definition) is 3. The van der Waals surface area contributed by atoms with E-state index in [4.69, 9.17) is 0 Å². The zero-order valence-electron chi connectivity index (χ0n) is 11.7. The lowest BCUT2D eigenvalue weighted by Gasteiger charge is -2.25. The molecule has 1 aromatic carbocycles. The van der Waals surface area contributed by atoms with Crippen LogP contribution in [0, 0.1) is 13.8 Å². The molecule has 0 spiro atoms. The Bertz CT molecular complexity index is 453. The number of carbonyl (C=O) groups excluding carboxylic acids is 1. The van der Waals surface area contributed by atoms with Crippen molar-refractivity contribution in [1.82, 2.24) is 5.32 Å². The molecule has 18 heavy (non-hydrogen) atoms. The fourth-order valence-corrected chi connectivity index (χ4v) is 1.77. The van der Waals surface area contributed by atoms with Crippen molar-refractivity contribution in [3.8, 4) is 5.75 Å². The summed E-state index contributed by atoms with van der Waals surface area (Å²) in [5, 5.41) is 15.8. The molecule has 3 N–H and O–H groups in total. The fourth-order valence-electron chi connectivity index (χ4n) is 1.77. The summed E-state index contributed by atoms with van der Waals surface area (Å²) in [5.74, 6) is 0.116. The molecule has 0 saturated carbocycles.